The van der Waals surface area contributed by atoms with E-state index in [9.17, 15) is 9.59 Å². The third kappa shape index (κ3) is 2.66. The summed E-state index contributed by atoms with van der Waals surface area (Å²) >= 11 is 0. The summed E-state index contributed by atoms with van der Waals surface area (Å²) in [6, 6.07) is 5.52. The largest absolute Gasteiger partial charge is 0.495 e. The van der Waals surface area contributed by atoms with Crippen LogP contribution in [0.25, 0.3) is 10.9 Å². The van der Waals surface area contributed by atoms with Crippen LogP contribution in [0.2, 0.25) is 0 Å². The first kappa shape index (κ1) is 14.1. The maximum Gasteiger partial charge on any atom is 0.306 e. The van der Waals surface area contributed by atoms with Crippen molar-refractivity contribution >= 4 is 16.9 Å². The van der Waals surface area contributed by atoms with Crippen molar-refractivity contribution < 1.29 is 14.6 Å². The molecule has 0 aliphatic carbocycles. The highest BCUT2D eigenvalue weighted by Gasteiger charge is 2.15. The monoisotopic (exact) mass is 275 g/mol. The summed E-state index contributed by atoms with van der Waals surface area (Å²) in [6.07, 6.45) is 0.205. The molecular weight excluding hydrogens is 258 g/mol. The molecule has 20 heavy (non-hydrogen) atoms. The number of methoxy groups -OCH3 is 1. The van der Waals surface area contributed by atoms with E-state index in [4.69, 9.17) is 9.84 Å². The summed E-state index contributed by atoms with van der Waals surface area (Å²) in [4.78, 5) is 25.7. The molecule has 1 heterocycles. The summed E-state index contributed by atoms with van der Waals surface area (Å²) < 4.78 is 5.26. The highest BCUT2D eigenvalue weighted by atomic mass is 16.5. The highest BCUT2D eigenvalue weighted by molar-refractivity contribution is 5.85. The Morgan fingerprint density at radius 1 is 1.40 bits per heavy atom. The fourth-order valence-electron chi connectivity index (χ4n) is 2.20. The minimum Gasteiger partial charge on any atom is -0.495 e. The van der Waals surface area contributed by atoms with Gasteiger partial charge in [-0.15, -0.1) is 0 Å². The lowest BCUT2D eigenvalue weighted by Gasteiger charge is -2.10. The van der Waals surface area contributed by atoms with Crippen molar-refractivity contribution in [3.05, 3.63) is 39.7 Å². The molecule has 2 aromatic rings. The van der Waals surface area contributed by atoms with E-state index in [-0.39, 0.29) is 12.0 Å². The van der Waals surface area contributed by atoms with Gasteiger partial charge in [0.05, 0.1) is 18.5 Å². The van der Waals surface area contributed by atoms with Crippen LogP contribution in [0.15, 0.2) is 23.0 Å². The van der Waals surface area contributed by atoms with E-state index in [0.29, 0.717) is 16.8 Å². The van der Waals surface area contributed by atoms with Crippen LogP contribution in [0.1, 0.15) is 18.1 Å². The lowest BCUT2D eigenvalue weighted by Crippen LogP contribution is -2.19. The number of hydrogen-bond donors (Lipinski definition) is 2. The molecule has 0 radical (unpaired) electrons. The normalized spacial score (nSPS) is 12.3. The number of aromatic nitrogens is 1. The van der Waals surface area contributed by atoms with Crippen LogP contribution < -0.4 is 10.3 Å². The molecule has 0 saturated heterocycles. The maximum absolute atomic E-state index is 12.0. The Labute approximate surface area is 116 Å². The number of aromatic amines is 1. The molecule has 0 fully saturated rings. The Morgan fingerprint density at radius 2 is 2.10 bits per heavy atom. The Kier molecular flexibility index (Phi) is 3.79. The van der Waals surface area contributed by atoms with Crippen LogP contribution in [0.3, 0.4) is 0 Å². The van der Waals surface area contributed by atoms with Crippen molar-refractivity contribution in [3.63, 3.8) is 0 Å². The number of ether oxygens (including phenoxy) is 1. The average Bonchev–Trinajstić information content (AvgIpc) is 2.39. The molecule has 1 aromatic heterocycles. The topological polar surface area (TPSA) is 79.4 Å². The average molecular weight is 275 g/mol. The first-order valence-corrected chi connectivity index (χ1v) is 6.35. The number of nitrogens with one attached hydrogen (secondary N) is 1. The van der Waals surface area contributed by atoms with Crippen molar-refractivity contribution in [2.75, 3.05) is 7.11 Å². The van der Waals surface area contributed by atoms with Crippen LogP contribution in [-0.4, -0.2) is 23.2 Å². The van der Waals surface area contributed by atoms with Gasteiger partial charge >= 0.3 is 5.97 Å². The molecule has 106 valence electrons. The van der Waals surface area contributed by atoms with Crippen molar-refractivity contribution in [2.24, 2.45) is 5.92 Å². The van der Waals surface area contributed by atoms with Gasteiger partial charge in [-0.2, -0.15) is 0 Å². The second-order valence-electron chi connectivity index (χ2n) is 5.00. The lowest BCUT2D eigenvalue weighted by atomic mass is 10.0. The number of carbonyl (C=O) groups is 1. The van der Waals surface area contributed by atoms with Crippen LogP contribution in [-0.2, 0) is 11.2 Å². The maximum atomic E-state index is 12.0. The summed E-state index contributed by atoms with van der Waals surface area (Å²) in [5.74, 6) is -0.901. The zero-order valence-corrected chi connectivity index (χ0v) is 11.7. The number of carboxylic acid groups (broad SMARTS) is 1. The van der Waals surface area contributed by atoms with E-state index in [2.05, 4.69) is 4.98 Å². The Hall–Kier alpha value is -2.30. The van der Waals surface area contributed by atoms with E-state index in [1.54, 1.807) is 20.1 Å². The Bertz CT molecular complexity index is 718. The van der Waals surface area contributed by atoms with E-state index in [1.165, 1.54) is 0 Å². The number of aryl methyl sites for hydroxylation is 1. The molecular formula is C15H17NO4. The molecule has 1 atom stereocenters. The van der Waals surface area contributed by atoms with E-state index in [1.807, 2.05) is 19.1 Å². The van der Waals surface area contributed by atoms with Crippen molar-refractivity contribution in [2.45, 2.75) is 20.3 Å². The van der Waals surface area contributed by atoms with Crippen LogP contribution in [0, 0.1) is 12.8 Å². The van der Waals surface area contributed by atoms with Gasteiger partial charge in [0.25, 0.3) is 5.56 Å². The Balaban J connectivity index is 2.57. The number of carboxylic acids is 1. The molecule has 1 aromatic carbocycles. The number of benzene rings is 1. The lowest BCUT2D eigenvalue weighted by molar-refractivity contribution is -0.141. The molecule has 0 aliphatic heterocycles. The molecule has 0 spiro atoms. The first-order chi connectivity index (χ1) is 9.42. The summed E-state index contributed by atoms with van der Waals surface area (Å²) in [5.41, 5.74) is 1.85. The standard InChI is InChI=1S/C15H17NO4/c1-8-4-10-7-11(6-9(2)15(18)19)14(17)16-13(10)12(5-8)20-3/h4-5,7,9H,6H2,1-3H3,(H,16,17)(H,18,19). The van der Waals surface area contributed by atoms with Gasteiger partial charge in [-0.25, -0.2) is 0 Å². The molecule has 0 amide bonds. The van der Waals surface area contributed by atoms with Crippen LogP contribution in [0.5, 0.6) is 5.75 Å². The quantitative estimate of drug-likeness (QED) is 0.895. The predicted octanol–water partition coefficient (Wildman–Crippen LogP) is 2.11. The summed E-state index contributed by atoms with van der Waals surface area (Å²) in [7, 11) is 1.55. The zero-order chi connectivity index (χ0) is 14.9. The van der Waals surface area contributed by atoms with Crippen molar-refractivity contribution in [1.29, 1.82) is 0 Å². The molecule has 0 saturated carbocycles. The molecule has 5 nitrogen and oxygen atoms in total. The minimum atomic E-state index is -0.911. The van der Waals surface area contributed by atoms with Gasteiger partial charge in [0.2, 0.25) is 0 Å². The number of rotatable bonds is 4. The van der Waals surface area contributed by atoms with Gasteiger partial charge in [-0.05, 0) is 37.1 Å². The molecule has 0 bridgehead atoms. The number of hydrogen-bond acceptors (Lipinski definition) is 3. The third-order valence-electron chi connectivity index (χ3n) is 3.30. The molecule has 0 aliphatic rings. The van der Waals surface area contributed by atoms with Gasteiger partial charge in [-0.1, -0.05) is 6.92 Å². The second-order valence-corrected chi connectivity index (χ2v) is 5.00. The minimum absolute atomic E-state index is 0.205. The van der Waals surface area contributed by atoms with Crippen molar-refractivity contribution in [1.82, 2.24) is 4.98 Å². The molecule has 2 rings (SSSR count). The third-order valence-corrected chi connectivity index (χ3v) is 3.30. The van der Waals surface area contributed by atoms with Crippen LogP contribution >= 0.6 is 0 Å². The van der Waals surface area contributed by atoms with Gasteiger partial charge < -0.3 is 14.8 Å². The molecule has 5 heteroatoms. The molecule has 1 unspecified atom stereocenters. The van der Waals surface area contributed by atoms with Gasteiger partial charge in [-0.3, -0.25) is 9.59 Å². The fraction of sp³-hybridized carbons (Fsp3) is 0.333. The summed E-state index contributed by atoms with van der Waals surface area (Å²) in [6.45, 7) is 3.52. The fourth-order valence-corrected chi connectivity index (χ4v) is 2.20. The SMILES string of the molecule is COc1cc(C)cc2cc(CC(C)C(=O)O)c(=O)[nH]c12. The molecule has 2 N–H and O–H groups in total. The van der Waals surface area contributed by atoms with E-state index >= 15 is 0 Å². The van der Waals surface area contributed by atoms with Crippen LogP contribution in [0.4, 0.5) is 0 Å². The number of pyridine rings is 1. The number of H-pyrrole nitrogens is 1. The Morgan fingerprint density at radius 3 is 2.70 bits per heavy atom. The first-order valence-electron chi connectivity index (χ1n) is 6.35. The highest BCUT2D eigenvalue weighted by Crippen LogP contribution is 2.25. The van der Waals surface area contributed by atoms with Crippen molar-refractivity contribution in [3.8, 4) is 5.75 Å². The van der Waals surface area contributed by atoms with E-state index < -0.39 is 11.9 Å². The zero-order valence-electron chi connectivity index (χ0n) is 11.7. The summed E-state index contributed by atoms with van der Waals surface area (Å²) in [5, 5.41) is 9.78. The second kappa shape index (κ2) is 5.36. The van der Waals surface area contributed by atoms with Gasteiger partial charge in [0, 0.05) is 10.9 Å². The number of fused-ring (bicyclic) bond motifs is 1. The predicted molar refractivity (Wildman–Crippen MR) is 76.4 cm³/mol. The van der Waals surface area contributed by atoms with E-state index in [0.717, 1.165) is 10.9 Å². The van der Waals surface area contributed by atoms with Gasteiger partial charge in [0.1, 0.15) is 5.75 Å². The number of aliphatic carboxylic acids is 1. The van der Waals surface area contributed by atoms with Gasteiger partial charge in [0.15, 0.2) is 0 Å². The smallest absolute Gasteiger partial charge is 0.306 e.